The molecule has 0 radical (unpaired) electrons. The minimum absolute atomic E-state index is 0.112. The number of halogens is 1. The number of hydrogen-bond acceptors (Lipinski definition) is 5. The number of fused-ring (bicyclic) bond motifs is 4. The number of allylic oxidation sites excluding steroid dienone is 2. The summed E-state index contributed by atoms with van der Waals surface area (Å²) in [4.78, 5) is 17.6. The minimum atomic E-state index is -0.112. The molecule has 0 aromatic carbocycles. The number of nitrogens with zero attached hydrogens (tertiary/aromatic N) is 5. The smallest absolute Gasteiger partial charge is 0.291 e. The van der Waals surface area contributed by atoms with E-state index in [-0.39, 0.29) is 5.56 Å². The average molecular weight is 387 g/mol. The molecule has 5 rings (SSSR count). The first-order chi connectivity index (χ1) is 12.7. The van der Waals surface area contributed by atoms with Gasteiger partial charge in [-0.15, -0.1) is 22.9 Å². The van der Waals surface area contributed by atoms with Gasteiger partial charge in [-0.3, -0.25) is 9.89 Å². The van der Waals surface area contributed by atoms with Crippen molar-refractivity contribution in [3.8, 4) is 0 Å². The van der Waals surface area contributed by atoms with Gasteiger partial charge in [-0.05, 0) is 18.4 Å². The van der Waals surface area contributed by atoms with Crippen molar-refractivity contribution in [2.75, 3.05) is 0 Å². The molecular formula is C17H15ClN6OS. The number of H-pyrrole nitrogens is 1. The second-order valence-electron chi connectivity index (χ2n) is 6.35. The van der Waals surface area contributed by atoms with Gasteiger partial charge >= 0.3 is 0 Å². The highest BCUT2D eigenvalue weighted by Gasteiger charge is 2.20. The van der Waals surface area contributed by atoms with Gasteiger partial charge in [0.25, 0.3) is 5.56 Å². The van der Waals surface area contributed by atoms with Crippen molar-refractivity contribution in [3.63, 3.8) is 0 Å². The first-order valence-electron chi connectivity index (χ1n) is 8.29. The summed E-state index contributed by atoms with van der Waals surface area (Å²) in [6.45, 7) is 0.431. The fourth-order valence-corrected chi connectivity index (χ4v) is 4.77. The molecule has 26 heavy (non-hydrogen) atoms. The van der Waals surface area contributed by atoms with Crippen LogP contribution in [-0.4, -0.2) is 29.5 Å². The molecule has 0 fully saturated rings. The molecule has 0 saturated heterocycles. The molecule has 7 nitrogen and oxygen atoms in total. The van der Waals surface area contributed by atoms with Crippen molar-refractivity contribution in [2.45, 2.75) is 25.3 Å². The second-order valence-corrected chi connectivity index (χ2v) is 7.70. The van der Waals surface area contributed by atoms with Crippen LogP contribution in [0, 0.1) is 0 Å². The third-order valence-electron chi connectivity index (χ3n) is 4.85. The number of aromatic amines is 1. The van der Waals surface area contributed by atoms with Gasteiger partial charge in [0.05, 0.1) is 29.5 Å². The predicted molar refractivity (Wildman–Crippen MR) is 103 cm³/mol. The summed E-state index contributed by atoms with van der Waals surface area (Å²) in [6, 6.07) is 0. The number of aromatic nitrogens is 6. The number of alkyl halides is 1. The predicted octanol–water partition coefficient (Wildman–Crippen LogP) is 2.84. The summed E-state index contributed by atoms with van der Waals surface area (Å²) in [6.07, 6.45) is 7.62. The SMILES string of the molecule is Cn1c2nc(CCl)sc2c2cnn(CC3=CCCc4[nH]ncc43)c(=O)c21. The summed E-state index contributed by atoms with van der Waals surface area (Å²) in [7, 11) is 1.86. The molecule has 0 bridgehead atoms. The molecule has 4 heterocycles. The number of hydrogen-bond donors (Lipinski definition) is 1. The average Bonchev–Trinajstić information content (AvgIpc) is 3.34. The van der Waals surface area contributed by atoms with Crippen molar-refractivity contribution >= 4 is 49.8 Å². The Hall–Kier alpha value is -2.45. The molecule has 0 unspecified atom stereocenters. The van der Waals surface area contributed by atoms with Crippen LogP contribution in [0.4, 0.5) is 0 Å². The molecule has 9 heteroatoms. The first-order valence-corrected chi connectivity index (χ1v) is 9.64. The molecule has 0 saturated carbocycles. The molecular weight excluding hydrogens is 372 g/mol. The van der Waals surface area contributed by atoms with E-state index in [4.69, 9.17) is 11.6 Å². The van der Waals surface area contributed by atoms with E-state index >= 15 is 0 Å². The zero-order valence-electron chi connectivity index (χ0n) is 14.0. The molecule has 4 aromatic rings. The van der Waals surface area contributed by atoms with Crippen molar-refractivity contribution < 1.29 is 0 Å². The lowest BCUT2D eigenvalue weighted by atomic mass is 9.97. The van der Waals surface area contributed by atoms with Crippen LogP contribution >= 0.6 is 22.9 Å². The lowest BCUT2D eigenvalue weighted by Gasteiger charge is -2.14. The summed E-state index contributed by atoms with van der Waals surface area (Å²) >= 11 is 7.41. The van der Waals surface area contributed by atoms with Crippen LogP contribution in [0.2, 0.25) is 0 Å². The Bertz CT molecular complexity index is 1240. The Morgan fingerprint density at radius 2 is 2.27 bits per heavy atom. The highest BCUT2D eigenvalue weighted by atomic mass is 35.5. The van der Waals surface area contributed by atoms with E-state index in [2.05, 4.69) is 26.4 Å². The van der Waals surface area contributed by atoms with Crippen molar-refractivity contribution in [1.82, 2.24) is 29.5 Å². The van der Waals surface area contributed by atoms with Crippen LogP contribution in [0.5, 0.6) is 0 Å². The molecule has 0 atom stereocenters. The number of rotatable bonds is 3. The van der Waals surface area contributed by atoms with E-state index in [1.54, 1.807) is 6.20 Å². The lowest BCUT2D eigenvalue weighted by molar-refractivity contribution is 0.662. The monoisotopic (exact) mass is 386 g/mol. The molecule has 1 aliphatic rings. The van der Waals surface area contributed by atoms with E-state index in [0.717, 1.165) is 50.4 Å². The zero-order chi connectivity index (χ0) is 17.8. The number of aryl methyl sites for hydroxylation is 2. The van der Waals surface area contributed by atoms with Crippen LogP contribution in [0.1, 0.15) is 22.7 Å². The van der Waals surface area contributed by atoms with Crippen molar-refractivity contribution in [3.05, 3.63) is 45.1 Å². The maximum Gasteiger partial charge on any atom is 0.291 e. The van der Waals surface area contributed by atoms with E-state index in [9.17, 15) is 4.79 Å². The second kappa shape index (κ2) is 5.78. The highest BCUT2D eigenvalue weighted by molar-refractivity contribution is 7.19. The van der Waals surface area contributed by atoms with Crippen LogP contribution < -0.4 is 5.56 Å². The van der Waals surface area contributed by atoms with Crippen LogP contribution in [-0.2, 0) is 25.9 Å². The fourth-order valence-electron chi connectivity index (χ4n) is 3.59. The third kappa shape index (κ3) is 2.18. The normalized spacial score (nSPS) is 14.2. The van der Waals surface area contributed by atoms with Crippen molar-refractivity contribution in [1.29, 1.82) is 0 Å². The third-order valence-corrected chi connectivity index (χ3v) is 6.34. The zero-order valence-corrected chi connectivity index (χ0v) is 15.6. The summed E-state index contributed by atoms with van der Waals surface area (Å²) in [5.41, 5.74) is 4.57. The van der Waals surface area contributed by atoms with Gasteiger partial charge in [0.1, 0.15) is 10.5 Å². The Morgan fingerprint density at radius 3 is 3.12 bits per heavy atom. The van der Waals surface area contributed by atoms with E-state index in [1.165, 1.54) is 16.0 Å². The lowest BCUT2D eigenvalue weighted by Crippen LogP contribution is -2.25. The Labute approximate surface area is 156 Å². The summed E-state index contributed by atoms with van der Waals surface area (Å²) in [5, 5.41) is 13.3. The van der Waals surface area contributed by atoms with Gasteiger partial charge in [0, 0.05) is 23.7 Å². The van der Waals surface area contributed by atoms with Crippen LogP contribution in [0.15, 0.2) is 23.3 Å². The van der Waals surface area contributed by atoms with Gasteiger partial charge in [-0.2, -0.15) is 10.2 Å². The van der Waals surface area contributed by atoms with E-state index < -0.39 is 0 Å². The molecule has 1 N–H and O–H groups in total. The fraction of sp³-hybridized carbons (Fsp3) is 0.294. The quantitative estimate of drug-likeness (QED) is 0.549. The Balaban J connectivity index is 1.64. The maximum absolute atomic E-state index is 13.1. The molecule has 0 spiro atoms. The van der Waals surface area contributed by atoms with Crippen molar-refractivity contribution in [2.24, 2.45) is 7.05 Å². The van der Waals surface area contributed by atoms with Gasteiger partial charge in [-0.25, -0.2) is 9.67 Å². The summed E-state index contributed by atoms with van der Waals surface area (Å²) < 4.78 is 4.32. The standard InChI is InChI=1S/C17H15ClN6OS/c1-23-14-11(15-16(23)21-13(5-18)26-15)7-20-24(17(14)25)8-9-3-2-4-12-10(9)6-19-22-12/h3,6-7H,2,4-5,8H2,1H3,(H,19,22). The van der Waals surface area contributed by atoms with E-state index in [1.807, 2.05) is 17.8 Å². The summed E-state index contributed by atoms with van der Waals surface area (Å²) in [5.74, 6) is 0.368. The highest BCUT2D eigenvalue weighted by Crippen LogP contribution is 2.31. The number of thiazole rings is 1. The van der Waals surface area contributed by atoms with E-state index in [0.29, 0.717) is 17.9 Å². The van der Waals surface area contributed by atoms with Gasteiger partial charge in [-0.1, -0.05) is 6.08 Å². The molecule has 4 aromatic heterocycles. The van der Waals surface area contributed by atoms with Crippen LogP contribution in [0.25, 0.3) is 26.8 Å². The van der Waals surface area contributed by atoms with Gasteiger partial charge < -0.3 is 4.57 Å². The molecule has 1 aliphatic carbocycles. The topological polar surface area (TPSA) is 81.4 Å². The van der Waals surface area contributed by atoms with Crippen LogP contribution in [0.3, 0.4) is 0 Å². The number of nitrogens with one attached hydrogen (secondary N) is 1. The molecule has 0 amide bonds. The Kier molecular flexibility index (Phi) is 3.51. The molecule has 0 aliphatic heterocycles. The first kappa shape index (κ1) is 15.8. The molecule has 132 valence electrons. The largest absolute Gasteiger partial charge is 0.323 e. The minimum Gasteiger partial charge on any atom is -0.323 e. The van der Waals surface area contributed by atoms with Gasteiger partial charge in [0.2, 0.25) is 0 Å². The Morgan fingerprint density at radius 1 is 1.38 bits per heavy atom. The maximum atomic E-state index is 13.1. The van der Waals surface area contributed by atoms with Gasteiger partial charge in [0.15, 0.2) is 5.65 Å².